The van der Waals surface area contributed by atoms with Crippen molar-refractivity contribution in [2.24, 2.45) is 22.7 Å². The van der Waals surface area contributed by atoms with Gasteiger partial charge < -0.3 is 10.2 Å². The molecule has 0 spiro atoms. The summed E-state index contributed by atoms with van der Waals surface area (Å²) in [6.07, 6.45) is 10.5. The molecule has 4 heteroatoms. The molecule has 0 amide bonds. The van der Waals surface area contributed by atoms with E-state index in [0.29, 0.717) is 18.4 Å². The average Bonchev–Trinajstić information content (AvgIpc) is 2.83. The predicted octanol–water partition coefficient (Wildman–Crippen LogP) is 2.67. The van der Waals surface area contributed by atoms with Crippen molar-refractivity contribution < 1.29 is 19.8 Å². The lowest BCUT2D eigenvalue weighted by atomic mass is 9.51. The van der Waals surface area contributed by atoms with E-state index in [-0.39, 0.29) is 23.0 Å². The molecule has 0 aromatic heterocycles. The smallest absolute Gasteiger partial charge is 0.194 e. The SMILES string of the molecule is C=C1C[C@H]2[C@@H]3CCC4=CC(=O)C=C[C@]4(C)C3=CC[C@]2(C)[C@@]1(O)C(=O)CO. The summed E-state index contributed by atoms with van der Waals surface area (Å²) in [5.74, 6) is -0.143. The lowest BCUT2D eigenvalue weighted by molar-refractivity contribution is -0.150. The highest BCUT2D eigenvalue weighted by Crippen LogP contribution is 2.66. The van der Waals surface area contributed by atoms with E-state index in [4.69, 9.17) is 0 Å². The third kappa shape index (κ3) is 1.92. The Bertz CT molecular complexity index is 816. The third-order valence-corrected chi connectivity index (χ3v) is 7.69. The van der Waals surface area contributed by atoms with Crippen LogP contribution in [0.15, 0.2) is 47.6 Å². The topological polar surface area (TPSA) is 74.6 Å². The summed E-state index contributed by atoms with van der Waals surface area (Å²) in [5, 5.41) is 20.7. The summed E-state index contributed by atoms with van der Waals surface area (Å²) in [6.45, 7) is 7.47. The minimum absolute atomic E-state index is 0.0503. The molecule has 0 aromatic rings. The van der Waals surface area contributed by atoms with Crippen molar-refractivity contribution >= 4 is 11.6 Å². The molecule has 0 aromatic carbocycles. The first-order valence-corrected chi connectivity index (χ1v) is 9.38. The number of aliphatic hydroxyl groups is 2. The second kappa shape index (κ2) is 5.37. The Hall–Kier alpha value is -1.78. The molecule has 4 aliphatic rings. The lowest BCUT2D eigenvalue weighted by Gasteiger charge is -2.53. The first-order valence-electron chi connectivity index (χ1n) is 9.38. The zero-order chi connectivity index (χ0) is 18.9. The van der Waals surface area contributed by atoms with Crippen LogP contribution in [0.5, 0.6) is 0 Å². The summed E-state index contributed by atoms with van der Waals surface area (Å²) in [5.41, 5.74) is 0.429. The second-order valence-electron chi connectivity index (χ2n) is 8.74. The normalized spacial score (nSPS) is 44.0. The Labute approximate surface area is 154 Å². The van der Waals surface area contributed by atoms with Crippen LogP contribution in [0.4, 0.5) is 0 Å². The van der Waals surface area contributed by atoms with Gasteiger partial charge in [0.25, 0.3) is 0 Å². The molecule has 4 nitrogen and oxygen atoms in total. The molecule has 4 aliphatic carbocycles. The molecule has 0 saturated heterocycles. The standard InChI is InChI=1S/C22H26O4/c1-13-10-18-16-5-4-14-11-15(24)6-8-20(14,2)17(16)7-9-21(18,3)22(13,26)19(25)12-23/h6-8,11,16,18,23,26H,1,4-5,9-10,12H2,2-3H3/t16-,18+,20+,21+,22+/m1/s1. The number of carbonyl (C=O) groups is 2. The maximum absolute atomic E-state index is 12.5. The molecular formula is C22H26O4. The van der Waals surface area contributed by atoms with Crippen LogP contribution in [0, 0.1) is 22.7 Å². The first-order chi connectivity index (χ1) is 12.2. The molecule has 2 saturated carbocycles. The van der Waals surface area contributed by atoms with Crippen LogP contribution in [0.2, 0.25) is 0 Å². The lowest BCUT2D eigenvalue weighted by Crippen LogP contribution is -2.55. The highest BCUT2D eigenvalue weighted by atomic mass is 16.3. The van der Waals surface area contributed by atoms with Crippen molar-refractivity contribution in [3.63, 3.8) is 0 Å². The number of rotatable bonds is 2. The number of hydrogen-bond donors (Lipinski definition) is 2. The summed E-state index contributed by atoms with van der Waals surface area (Å²) in [4.78, 5) is 24.3. The molecule has 26 heavy (non-hydrogen) atoms. The van der Waals surface area contributed by atoms with Crippen LogP contribution in [0.25, 0.3) is 0 Å². The van der Waals surface area contributed by atoms with E-state index in [0.717, 1.165) is 18.4 Å². The summed E-state index contributed by atoms with van der Waals surface area (Å²) >= 11 is 0. The van der Waals surface area contributed by atoms with E-state index in [2.05, 4.69) is 19.6 Å². The fraction of sp³-hybridized carbons (Fsp3) is 0.545. The van der Waals surface area contributed by atoms with Gasteiger partial charge in [-0.05, 0) is 62.2 Å². The number of allylic oxidation sites excluding steroid dienone is 6. The van der Waals surface area contributed by atoms with Crippen molar-refractivity contribution in [3.05, 3.63) is 47.6 Å². The van der Waals surface area contributed by atoms with Crippen molar-refractivity contribution in [1.29, 1.82) is 0 Å². The van der Waals surface area contributed by atoms with Gasteiger partial charge in [-0.3, -0.25) is 9.59 Å². The van der Waals surface area contributed by atoms with Crippen molar-refractivity contribution in [3.8, 4) is 0 Å². The molecule has 2 fully saturated rings. The fourth-order valence-corrected chi connectivity index (χ4v) is 6.12. The van der Waals surface area contributed by atoms with E-state index >= 15 is 0 Å². The molecule has 0 aliphatic heterocycles. The zero-order valence-electron chi connectivity index (χ0n) is 15.4. The summed E-state index contributed by atoms with van der Waals surface area (Å²) < 4.78 is 0. The molecule has 138 valence electrons. The predicted molar refractivity (Wildman–Crippen MR) is 98.2 cm³/mol. The van der Waals surface area contributed by atoms with Gasteiger partial charge in [0.2, 0.25) is 0 Å². The van der Waals surface area contributed by atoms with Crippen LogP contribution in [0.1, 0.15) is 39.5 Å². The molecule has 4 rings (SSSR count). The van der Waals surface area contributed by atoms with Crippen LogP contribution in [-0.2, 0) is 9.59 Å². The van der Waals surface area contributed by atoms with Crippen molar-refractivity contribution in [1.82, 2.24) is 0 Å². The Kier molecular flexibility index (Phi) is 3.64. The Morgan fingerprint density at radius 3 is 2.81 bits per heavy atom. The third-order valence-electron chi connectivity index (χ3n) is 7.69. The zero-order valence-corrected chi connectivity index (χ0v) is 15.4. The van der Waals surface area contributed by atoms with Crippen LogP contribution in [0.3, 0.4) is 0 Å². The number of aliphatic hydroxyl groups excluding tert-OH is 1. The Morgan fingerprint density at radius 1 is 1.38 bits per heavy atom. The first kappa shape index (κ1) is 17.6. The van der Waals surface area contributed by atoms with Gasteiger partial charge in [-0.2, -0.15) is 0 Å². The Balaban J connectivity index is 1.81. The second-order valence-corrected chi connectivity index (χ2v) is 8.74. The fourth-order valence-electron chi connectivity index (χ4n) is 6.12. The van der Waals surface area contributed by atoms with Crippen LogP contribution < -0.4 is 0 Å². The number of ketones is 2. The number of carbonyl (C=O) groups excluding carboxylic acids is 2. The molecule has 0 bridgehead atoms. The molecule has 0 unspecified atom stereocenters. The summed E-state index contributed by atoms with van der Waals surface area (Å²) in [7, 11) is 0. The molecule has 2 N–H and O–H groups in total. The molecule has 0 heterocycles. The Morgan fingerprint density at radius 2 is 2.12 bits per heavy atom. The minimum atomic E-state index is -1.66. The van der Waals surface area contributed by atoms with Gasteiger partial charge in [-0.15, -0.1) is 0 Å². The van der Waals surface area contributed by atoms with E-state index in [9.17, 15) is 19.8 Å². The van der Waals surface area contributed by atoms with Gasteiger partial charge >= 0.3 is 0 Å². The molecule has 5 atom stereocenters. The van der Waals surface area contributed by atoms with Gasteiger partial charge in [-0.1, -0.05) is 36.8 Å². The number of Topliss-reactive ketones (excluding diaryl/α,β-unsaturated/α-hetero) is 1. The number of fused-ring (bicyclic) bond motifs is 5. The van der Waals surface area contributed by atoms with Gasteiger partial charge in [0.05, 0.1) is 0 Å². The number of hydrogen-bond acceptors (Lipinski definition) is 4. The highest BCUT2D eigenvalue weighted by molar-refractivity contribution is 6.01. The molecule has 0 radical (unpaired) electrons. The van der Waals surface area contributed by atoms with E-state index in [1.54, 1.807) is 12.2 Å². The molecular weight excluding hydrogens is 328 g/mol. The van der Waals surface area contributed by atoms with Crippen molar-refractivity contribution in [2.75, 3.05) is 6.61 Å². The van der Waals surface area contributed by atoms with Crippen molar-refractivity contribution in [2.45, 2.75) is 45.1 Å². The van der Waals surface area contributed by atoms with E-state index in [1.807, 2.05) is 13.0 Å². The summed E-state index contributed by atoms with van der Waals surface area (Å²) in [6, 6.07) is 0. The average molecular weight is 354 g/mol. The van der Waals surface area contributed by atoms with E-state index in [1.165, 1.54) is 5.57 Å². The maximum Gasteiger partial charge on any atom is 0.194 e. The monoisotopic (exact) mass is 354 g/mol. The van der Waals surface area contributed by atoms with Crippen LogP contribution in [-0.4, -0.2) is 34.0 Å². The van der Waals surface area contributed by atoms with E-state index < -0.39 is 23.4 Å². The highest BCUT2D eigenvalue weighted by Gasteiger charge is 2.65. The largest absolute Gasteiger partial charge is 0.388 e. The van der Waals surface area contributed by atoms with Gasteiger partial charge in [0.1, 0.15) is 6.61 Å². The minimum Gasteiger partial charge on any atom is -0.388 e. The van der Waals surface area contributed by atoms with Gasteiger partial charge in [0.15, 0.2) is 17.2 Å². The van der Waals surface area contributed by atoms with Crippen LogP contribution >= 0.6 is 0 Å². The van der Waals surface area contributed by atoms with Gasteiger partial charge in [0, 0.05) is 10.8 Å². The van der Waals surface area contributed by atoms with Gasteiger partial charge in [-0.25, -0.2) is 0 Å². The quantitative estimate of drug-likeness (QED) is 0.748. The maximum atomic E-state index is 12.5.